The third-order valence-electron chi connectivity index (χ3n) is 3.22. The number of hydrogen-bond acceptors (Lipinski definition) is 5. The fourth-order valence-electron chi connectivity index (χ4n) is 1.89. The molecule has 0 spiro atoms. The second-order valence-electron chi connectivity index (χ2n) is 5.04. The van der Waals surface area contributed by atoms with Crippen LogP contribution in [0.2, 0.25) is 0 Å². The van der Waals surface area contributed by atoms with Gasteiger partial charge in [0.1, 0.15) is 6.10 Å². The van der Waals surface area contributed by atoms with Gasteiger partial charge in [0.05, 0.1) is 5.41 Å². The monoisotopic (exact) mass is 261 g/mol. The van der Waals surface area contributed by atoms with E-state index in [1.165, 1.54) is 0 Å². The Labute approximate surface area is 112 Å². The van der Waals surface area contributed by atoms with Crippen LogP contribution in [0.25, 0.3) is 0 Å². The second-order valence-corrected chi connectivity index (χ2v) is 5.04. The SMILES string of the molecule is CC(C)(c1ccccc1)c1noc(C(O)CCN)n1. The van der Waals surface area contributed by atoms with Gasteiger partial charge in [-0.15, -0.1) is 0 Å². The molecule has 1 atom stereocenters. The maximum absolute atomic E-state index is 9.79. The number of nitrogens with two attached hydrogens (primary N) is 1. The van der Waals surface area contributed by atoms with E-state index in [1.807, 2.05) is 44.2 Å². The molecule has 1 aromatic carbocycles. The summed E-state index contributed by atoms with van der Waals surface area (Å²) >= 11 is 0. The molecule has 0 aliphatic heterocycles. The third kappa shape index (κ3) is 2.83. The highest BCUT2D eigenvalue weighted by molar-refractivity contribution is 5.30. The third-order valence-corrected chi connectivity index (χ3v) is 3.22. The van der Waals surface area contributed by atoms with Crippen LogP contribution in [-0.4, -0.2) is 21.8 Å². The average Bonchev–Trinajstić information content (AvgIpc) is 2.90. The van der Waals surface area contributed by atoms with Crippen LogP contribution in [0.15, 0.2) is 34.9 Å². The van der Waals surface area contributed by atoms with E-state index in [0.29, 0.717) is 18.8 Å². The highest BCUT2D eigenvalue weighted by Crippen LogP contribution is 2.29. The Morgan fingerprint density at radius 2 is 2.00 bits per heavy atom. The molecular weight excluding hydrogens is 242 g/mol. The van der Waals surface area contributed by atoms with Crippen molar-refractivity contribution < 1.29 is 9.63 Å². The average molecular weight is 261 g/mol. The van der Waals surface area contributed by atoms with Crippen molar-refractivity contribution in [2.24, 2.45) is 5.73 Å². The zero-order valence-electron chi connectivity index (χ0n) is 11.2. The topological polar surface area (TPSA) is 85.2 Å². The van der Waals surface area contributed by atoms with E-state index < -0.39 is 6.10 Å². The molecule has 0 aliphatic carbocycles. The molecule has 5 nitrogen and oxygen atoms in total. The Morgan fingerprint density at radius 1 is 1.32 bits per heavy atom. The van der Waals surface area contributed by atoms with Gasteiger partial charge in [0.2, 0.25) is 0 Å². The van der Waals surface area contributed by atoms with Crippen LogP contribution in [0.4, 0.5) is 0 Å². The number of aliphatic hydroxyl groups excluding tert-OH is 1. The summed E-state index contributed by atoms with van der Waals surface area (Å²) in [6.45, 7) is 4.42. The molecule has 2 rings (SSSR count). The smallest absolute Gasteiger partial charge is 0.255 e. The molecule has 1 unspecified atom stereocenters. The van der Waals surface area contributed by atoms with Crippen LogP contribution < -0.4 is 5.73 Å². The molecule has 1 aromatic heterocycles. The Morgan fingerprint density at radius 3 is 2.63 bits per heavy atom. The molecule has 3 N–H and O–H groups in total. The quantitative estimate of drug-likeness (QED) is 0.857. The summed E-state index contributed by atoms with van der Waals surface area (Å²) in [7, 11) is 0. The van der Waals surface area contributed by atoms with Crippen molar-refractivity contribution in [1.82, 2.24) is 10.1 Å². The van der Waals surface area contributed by atoms with Crippen LogP contribution in [0.5, 0.6) is 0 Å². The lowest BCUT2D eigenvalue weighted by molar-refractivity contribution is 0.127. The lowest BCUT2D eigenvalue weighted by Crippen LogP contribution is -2.20. The van der Waals surface area contributed by atoms with E-state index in [-0.39, 0.29) is 11.3 Å². The van der Waals surface area contributed by atoms with Crippen molar-refractivity contribution in [2.75, 3.05) is 6.54 Å². The van der Waals surface area contributed by atoms with Gasteiger partial charge in [0.15, 0.2) is 5.82 Å². The van der Waals surface area contributed by atoms with Gasteiger partial charge in [-0.05, 0) is 32.4 Å². The summed E-state index contributed by atoms with van der Waals surface area (Å²) < 4.78 is 5.12. The summed E-state index contributed by atoms with van der Waals surface area (Å²) in [5, 5.41) is 13.8. The summed E-state index contributed by atoms with van der Waals surface area (Å²) in [5.74, 6) is 0.786. The van der Waals surface area contributed by atoms with Crippen LogP contribution in [0.3, 0.4) is 0 Å². The van der Waals surface area contributed by atoms with Crippen LogP contribution in [0.1, 0.15) is 43.7 Å². The standard InChI is InChI=1S/C14H19N3O2/c1-14(2,10-6-4-3-5-7-10)13-16-12(19-17-13)11(18)8-9-15/h3-7,11,18H,8-9,15H2,1-2H3. The van der Waals surface area contributed by atoms with E-state index in [1.54, 1.807) is 0 Å². The van der Waals surface area contributed by atoms with Gasteiger partial charge in [0.25, 0.3) is 5.89 Å². The summed E-state index contributed by atoms with van der Waals surface area (Å²) in [6.07, 6.45) is -0.384. The summed E-state index contributed by atoms with van der Waals surface area (Å²) in [4.78, 5) is 4.29. The van der Waals surface area contributed by atoms with Crippen molar-refractivity contribution in [2.45, 2.75) is 31.8 Å². The van der Waals surface area contributed by atoms with Crippen LogP contribution >= 0.6 is 0 Å². The number of hydrogen-bond donors (Lipinski definition) is 2. The number of rotatable bonds is 5. The van der Waals surface area contributed by atoms with Crippen molar-refractivity contribution in [3.8, 4) is 0 Å². The lowest BCUT2D eigenvalue weighted by atomic mass is 9.84. The van der Waals surface area contributed by atoms with Gasteiger partial charge in [-0.25, -0.2) is 0 Å². The first-order valence-corrected chi connectivity index (χ1v) is 6.33. The molecule has 0 aliphatic rings. The first-order valence-electron chi connectivity index (χ1n) is 6.33. The second kappa shape index (κ2) is 5.50. The number of aliphatic hydroxyl groups is 1. The van der Waals surface area contributed by atoms with E-state index in [9.17, 15) is 5.11 Å². The molecule has 0 saturated carbocycles. The molecule has 1 heterocycles. The van der Waals surface area contributed by atoms with Crippen molar-refractivity contribution in [3.63, 3.8) is 0 Å². The molecule has 0 radical (unpaired) electrons. The van der Waals surface area contributed by atoms with Gasteiger partial charge in [-0.3, -0.25) is 0 Å². The minimum Gasteiger partial charge on any atom is -0.383 e. The maximum atomic E-state index is 9.79. The number of benzene rings is 1. The molecule has 5 heteroatoms. The summed E-state index contributed by atoms with van der Waals surface area (Å²) in [5.41, 5.74) is 6.12. The van der Waals surface area contributed by atoms with Gasteiger partial charge in [-0.2, -0.15) is 4.98 Å². The Kier molecular flexibility index (Phi) is 3.97. The fraction of sp³-hybridized carbons (Fsp3) is 0.429. The Hall–Kier alpha value is -1.72. The highest BCUT2D eigenvalue weighted by Gasteiger charge is 2.29. The van der Waals surface area contributed by atoms with Crippen LogP contribution in [0, 0.1) is 0 Å². The van der Waals surface area contributed by atoms with E-state index in [4.69, 9.17) is 10.3 Å². The highest BCUT2D eigenvalue weighted by atomic mass is 16.5. The maximum Gasteiger partial charge on any atom is 0.255 e. The van der Waals surface area contributed by atoms with Gasteiger partial charge < -0.3 is 15.4 Å². The van der Waals surface area contributed by atoms with Crippen LogP contribution in [-0.2, 0) is 5.41 Å². The number of aromatic nitrogens is 2. The Balaban J connectivity index is 2.27. The van der Waals surface area contributed by atoms with Crippen molar-refractivity contribution in [3.05, 3.63) is 47.6 Å². The first-order chi connectivity index (χ1) is 9.05. The molecule has 0 fully saturated rings. The minimum atomic E-state index is -0.794. The molecular formula is C14H19N3O2. The van der Waals surface area contributed by atoms with Gasteiger partial charge in [0, 0.05) is 0 Å². The van der Waals surface area contributed by atoms with E-state index in [0.717, 1.165) is 5.56 Å². The largest absolute Gasteiger partial charge is 0.383 e. The molecule has 19 heavy (non-hydrogen) atoms. The molecule has 2 aromatic rings. The zero-order valence-corrected chi connectivity index (χ0v) is 11.2. The molecule has 0 bridgehead atoms. The van der Waals surface area contributed by atoms with Gasteiger partial charge in [-0.1, -0.05) is 35.5 Å². The lowest BCUT2D eigenvalue weighted by Gasteiger charge is -2.20. The Bertz CT molecular complexity index is 522. The van der Waals surface area contributed by atoms with E-state index in [2.05, 4.69) is 10.1 Å². The van der Waals surface area contributed by atoms with Gasteiger partial charge >= 0.3 is 0 Å². The van der Waals surface area contributed by atoms with Crippen molar-refractivity contribution in [1.29, 1.82) is 0 Å². The summed E-state index contributed by atoms with van der Waals surface area (Å²) in [6, 6.07) is 9.95. The predicted octanol–water partition coefficient (Wildman–Crippen LogP) is 1.78. The molecule has 0 amide bonds. The van der Waals surface area contributed by atoms with Crippen molar-refractivity contribution >= 4 is 0 Å². The normalized spacial score (nSPS) is 13.5. The fourth-order valence-corrected chi connectivity index (χ4v) is 1.89. The van der Waals surface area contributed by atoms with E-state index >= 15 is 0 Å². The zero-order chi connectivity index (χ0) is 13.9. The predicted molar refractivity (Wildman–Crippen MR) is 71.5 cm³/mol. The minimum absolute atomic E-state index is 0.226. The number of nitrogens with zero attached hydrogens (tertiary/aromatic N) is 2. The first kappa shape index (κ1) is 13.7. The molecule has 102 valence electrons. The molecule has 0 saturated heterocycles.